The summed E-state index contributed by atoms with van der Waals surface area (Å²) in [5.41, 5.74) is 0.855. The minimum Gasteiger partial charge on any atom is -0.444 e. The van der Waals surface area contributed by atoms with Crippen molar-refractivity contribution >= 4 is 17.7 Å². The maximum absolute atomic E-state index is 13.8. The molecule has 2 amide bonds. The summed E-state index contributed by atoms with van der Waals surface area (Å²) in [6.45, 7) is 5.25. The van der Waals surface area contributed by atoms with Gasteiger partial charge in [0.2, 0.25) is 0 Å². The smallest absolute Gasteiger partial charge is 0.435 e. The molecule has 1 saturated carbocycles. The molecule has 3 N–H and O–H groups in total. The summed E-state index contributed by atoms with van der Waals surface area (Å²) in [6.07, 6.45) is 0.339. The molecule has 0 saturated heterocycles. The van der Waals surface area contributed by atoms with E-state index in [1.807, 2.05) is 25.4 Å². The number of carbonyl (C=O) groups excluding carboxylic acids is 2. The molecule has 1 aliphatic carbocycles. The van der Waals surface area contributed by atoms with Gasteiger partial charge in [-0.15, -0.1) is 0 Å². The lowest BCUT2D eigenvalue weighted by Gasteiger charge is -2.28. The normalized spacial score (nSPS) is 14.4. The quantitative estimate of drug-likeness (QED) is 0.212. The number of anilines is 1. The maximum atomic E-state index is 13.8. The zero-order chi connectivity index (χ0) is 31.6. The number of carbonyl (C=O) groups is 2. The first-order valence-electron chi connectivity index (χ1n) is 14.1. The Morgan fingerprint density at radius 2 is 1.84 bits per heavy atom. The molecule has 1 aliphatic rings. The highest BCUT2D eigenvalue weighted by atomic mass is 19.4. The maximum Gasteiger partial charge on any atom is 0.435 e. The fraction of sp³-hybridized carbons (Fsp3) is 0.355. The van der Waals surface area contributed by atoms with Gasteiger partial charge >= 0.3 is 12.3 Å². The highest BCUT2D eigenvalue weighted by molar-refractivity contribution is 6.03. The lowest BCUT2D eigenvalue weighted by Crippen LogP contribution is -2.32. The molecule has 10 nitrogen and oxygen atoms in total. The molecular formula is C31H34F3N7O3. The molecule has 0 aliphatic heterocycles. The van der Waals surface area contributed by atoms with Crippen molar-refractivity contribution in [3.8, 4) is 5.69 Å². The third kappa shape index (κ3) is 7.46. The average molecular weight is 610 g/mol. The first-order valence-corrected chi connectivity index (χ1v) is 14.1. The topological polar surface area (TPSA) is 117 Å². The fourth-order valence-electron chi connectivity index (χ4n) is 4.91. The Labute approximate surface area is 252 Å². The van der Waals surface area contributed by atoms with Crippen LogP contribution in [0.1, 0.15) is 72.5 Å². The first-order chi connectivity index (χ1) is 20.8. The summed E-state index contributed by atoms with van der Waals surface area (Å²) in [6, 6.07) is 14.6. The summed E-state index contributed by atoms with van der Waals surface area (Å²) >= 11 is 0. The first kappa shape index (κ1) is 30.8. The molecule has 0 radical (unpaired) electrons. The number of alkyl carbamates (subject to hydrolysis) is 1. The molecule has 1 unspecified atom stereocenters. The molecule has 44 heavy (non-hydrogen) atoms. The Kier molecular flexibility index (Phi) is 8.51. The number of benzene rings is 2. The minimum absolute atomic E-state index is 0.0532. The molecule has 2 aromatic carbocycles. The number of rotatable bonds is 9. The standard InChI is InChI=1S/C31H34F3N7O3/c1-30(2,3)44-29(43)35-16-19-7-5-10-24(13-19)41-25(15-26(39-41)31(32,33)34)28(42)38-22-9-6-8-20(14-22)27(21-17-36-37-18-21)40(4)23-11-12-23/h5-10,13-15,17-18,23,27H,11-12,16H2,1-4H3,(H,35,43)(H,36,37)(H,38,42). The number of alkyl halides is 3. The van der Waals surface area contributed by atoms with Crippen LogP contribution < -0.4 is 10.6 Å². The Morgan fingerprint density at radius 3 is 2.50 bits per heavy atom. The Bertz CT molecular complexity index is 1620. The fourth-order valence-corrected chi connectivity index (χ4v) is 4.91. The molecule has 0 spiro atoms. The number of nitrogens with one attached hydrogen (secondary N) is 3. The molecular weight excluding hydrogens is 575 g/mol. The molecule has 5 rings (SSSR count). The van der Waals surface area contributed by atoms with Gasteiger partial charge in [-0.3, -0.25) is 14.8 Å². The van der Waals surface area contributed by atoms with Crippen LogP contribution in [-0.4, -0.2) is 55.6 Å². The van der Waals surface area contributed by atoms with Gasteiger partial charge in [-0.1, -0.05) is 24.3 Å². The average Bonchev–Trinajstić information content (AvgIpc) is 3.46. The van der Waals surface area contributed by atoms with Gasteiger partial charge in [-0.2, -0.15) is 23.4 Å². The highest BCUT2D eigenvalue weighted by Gasteiger charge is 2.36. The molecule has 0 bridgehead atoms. The van der Waals surface area contributed by atoms with E-state index >= 15 is 0 Å². The number of nitrogens with zero attached hydrogens (tertiary/aromatic N) is 4. The van der Waals surface area contributed by atoms with Gasteiger partial charge in [-0.05, 0) is 76.1 Å². The minimum atomic E-state index is -4.78. The van der Waals surface area contributed by atoms with Crippen LogP contribution in [0.2, 0.25) is 0 Å². The van der Waals surface area contributed by atoms with Gasteiger partial charge < -0.3 is 15.4 Å². The van der Waals surface area contributed by atoms with Crippen molar-refractivity contribution in [2.24, 2.45) is 0 Å². The van der Waals surface area contributed by atoms with Gasteiger partial charge in [0.1, 0.15) is 11.3 Å². The van der Waals surface area contributed by atoms with Crippen molar-refractivity contribution in [3.63, 3.8) is 0 Å². The van der Waals surface area contributed by atoms with Crippen molar-refractivity contribution in [2.75, 3.05) is 12.4 Å². The highest BCUT2D eigenvalue weighted by Crippen LogP contribution is 2.37. The van der Waals surface area contributed by atoms with Gasteiger partial charge in [0.05, 0.1) is 17.9 Å². The molecule has 232 valence electrons. The molecule has 2 heterocycles. The number of hydrogen-bond acceptors (Lipinski definition) is 6. The van der Waals surface area contributed by atoms with E-state index in [4.69, 9.17) is 4.74 Å². The van der Waals surface area contributed by atoms with Crippen LogP contribution in [-0.2, 0) is 17.5 Å². The van der Waals surface area contributed by atoms with Crippen molar-refractivity contribution in [3.05, 3.63) is 95.1 Å². The summed E-state index contributed by atoms with van der Waals surface area (Å²) in [5, 5.41) is 16.0. The van der Waals surface area contributed by atoms with Crippen molar-refractivity contribution in [2.45, 2.75) is 64.0 Å². The van der Waals surface area contributed by atoms with Crippen LogP contribution in [0, 0.1) is 0 Å². The van der Waals surface area contributed by atoms with Crippen molar-refractivity contribution < 1.29 is 27.5 Å². The van der Waals surface area contributed by atoms with Crippen LogP contribution in [0.4, 0.5) is 23.7 Å². The molecule has 1 atom stereocenters. The largest absolute Gasteiger partial charge is 0.444 e. The van der Waals surface area contributed by atoms with Crippen molar-refractivity contribution in [1.29, 1.82) is 0 Å². The van der Waals surface area contributed by atoms with Crippen LogP contribution in [0.3, 0.4) is 0 Å². The van der Waals surface area contributed by atoms with E-state index in [0.717, 1.165) is 34.7 Å². The van der Waals surface area contributed by atoms with Gasteiger partial charge in [-0.25, -0.2) is 9.48 Å². The SMILES string of the molecule is CN(C1CC1)C(c1cn[nH]c1)c1cccc(NC(=O)c2cc(C(F)(F)F)nn2-c2cccc(CNC(=O)OC(C)(C)C)c2)c1. The second-order valence-corrected chi connectivity index (χ2v) is 11.8. The number of aromatic amines is 1. The molecule has 13 heteroatoms. The summed E-state index contributed by atoms with van der Waals surface area (Å²) in [7, 11) is 2.04. The van der Waals surface area contributed by atoms with E-state index in [1.165, 1.54) is 6.07 Å². The van der Waals surface area contributed by atoms with Crippen LogP contribution >= 0.6 is 0 Å². The number of ether oxygens (including phenoxy) is 1. The number of hydrogen-bond donors (Lipinski definition) is 3. The second-order valence-electron chi connectivity index (χ2n) is 11.8. The van der Waals surface area contributed by atoms with Crippen LogP contribution in [0.15, 0.2) is 67.0 Å². The zero-order valence-electron chi connectivity index (χ0n) is 24.8. The van der Waals surface area contributed by atoms with Gasteiger partial charge in [0, 0.05) is 36.1 Å². The predicted molar refractivity (Wildman–Crippen MR) is 157 cm³/mol. The lowest BCUT2D eigenvalue weighted by molar-refractivity contribution is -0.141. The number of amides is 2. The van der Waals surface area contributed by atoms with Crippen LogP contribution in [0.5, 0.6) is 0 Å². The van der Waals surface area contributed by atoms with E-state index in [0.29, 0.717) is 17.3 Å². The van der Waals surface area contributed by atoms with E-state index in [-0.39, 0.29) is 24.0 Å². The predicted octanol–water partition coefficient (Wildman–Crippen LogP) is 6.07. The van der Waals surface area contributed by atoms with E-state index in [2.05, 4.69) is 30.8 Å². The van der Waals surface area contributed by atoms with E-state index in [1.54, 1.807) is 57.3 Å². The van der Waals surface area contributed by atoms with Crippen molar-refractivity contribution in [1.82, 2.24) is 30.2 Å². The summed E-state index contributed by atoms with van der Waals surface area (Å²) in [5.74, 6) is -0.766. The van der Waals surface area contributed by atoms with Gasteiger partial charge in [0.25, 0.3) is 5.91 Å². The summed E-state index contributed by atoms with van der Waals surface area (Å²) in [4.78, 5) is 27.8. The Morgan fingerprint density at radius 1 is 1.09 bits per heavy atom. The molecule has 4 aromatic rings. The lowest BCUT2D eigenvalue weighted by atomic mass is 9.99. The Balaban J connectivity index is 1.41. The van der Waals surface area contributed by atoms with Gasteiger partial charge in [0.15, 0.2) is 5.69 Å². The number of H-pyrrole nitrogens is 1. The van der Waals surface area contributed by atoms with Crippen LogP contribution in [0.25, 0.3) is 5.69 Å². The second kappa shape index (κ2) is 12.2. The third-order valence-electron chi connectivity index (χ3n) is 7.05. The monoisotopic (exact) mass is 609 g/mol. The van der Waals surface area contributed by atoms with E-state index in [9.17, 15) is 22.8 Å². The Hall–Kier alpha value is -4.65. The summed E-state index contributed by atoms with van der Waals surface area (Å²) < 4.78 is 47.5. The molecule has 2 aromatic heterocycles. The third-order valence-corrected chi connectivity index (χ3v) is 7.05. The zero-order valence-corrected chi connectivity index (χ0v) is 24.8. The number of halogens is 3. The van der Waals surface area contributed by atoms with E-state index < -0.39 is 29.5 Å². The molecule has 1 fully saturated rings. The number of aromatic nitrogens is 4.